The summed E-state index contributed by atoms with van der Waals surface area (Å²) in [4.78, 5) is 23.5. The molecule has 4 nitrogen and oxygen atoms in total. The fourth-order valence-electron chi connectivity index (χ4n) is 7.25. The zero-order chi connectivity index (χ0) is 17.8. The lowest BCUT2D eigenvalue weighted by atomic mass is 9.47. The van der Waals surface area contributed by atoms with Gasteiger partial charge in [0, 0.05) is 18.8 Å². The quantitative estimate of drug-likeness (QED) is 0.669. The maximum absolute atomic E-state index is 11.9. The Morgan fingerprint density at radius 1 is 1.04 bits per heavy atom. The molecule has 3 saturated carbocycles. The topological polar surface area (TPSA) is 52.6 Å². The summed E-state index contributed by atoms with van der Waals surface area (Å²) < 4.78 is 11.1. The smallest absolute Gasteiger partial charge is 0.306 e. The lowest BCUT2D eigenvalue weighted by molar-refractivity contribution is -0.160. The van der Waals surface area contributed by atoms with Crippen molar-refractivity contribution in [3.8, 4) is 0 Å². The molecule has 3 aliphatic carbocycles. The van der Waals surface area contributed by atoms with Crippen molar-refractivity contribution in [1.82, 2.24) is 0 Å². The maximum atomic E-state index is 11.9. The molecule has 140 valence electrons. The molecule has 4 fully saturated rings. The number of cyclic esters (lactones) is 1. The third-order valence-corrected chi connectivity index (χ3v) is 8.60. The summed E-state index contributed by atoms with van der Waals surface area (Å²) in [5, 5.41) is 0. The molecule has 4 aliphatic rings. The van der Waals surface area contributed by atoms with Gasteiger partial charge in [0.05, 0.1) is 6.61 Å². The number of ether oxygens (including phenoxy) is 2. The molecule has 1 saturated heterocycles. The maximum Gasteiger partial charge on any atom is 0.306 e. The summed E-state index contributed by atoms with van der Waals surface area (Å²) in [6, 6.07) is 0. The molecule has 4 heteroatoms. The monoisotopic (exact) mass is 348 g/mol. The largest absolute Gasteiger partial charge is 0.466 e. The van der Waals surface area contributed by atoms with Crippen LogP contribution in [0.3, 0.4) is 0 Å². The molecule has 1 aliphatic heterocycles. The number of fused-ring (bicyclic) bond motifs is 5. The Hall–Kier alpha value is -1.06. The summed E-state index contributed by atoms with van der Waals surface area (Å²) in [5.41, 5.74) is 0.378. The first kappa shape index (κ1) is 17.4. The number of rotatable bonds is 1. The Kier molecular flexibility index (Phi) is 4.16. The third-order valence-electron chi connectivity index (χ3n) is 8.60. The van der Waals surface area contributed by atoms with Crippen molar-refractivity contribution in [2.24, 2.45) is 34.5 Å². The molecular weight excluding hydrogens is 316 g/mol. The van der Waals surface area contributed by atoms with Gasteiger partial charge in [-0.2, -0.15) is 0 Å². The normalized spacial score (nSPS) is 49.2. The molecule has 0 aromatic heterocycles. The van der Waals surface area contributed by atoms with E-state index < -0.39 is 0 Å². The summed E-state index contributed by atoms with van der Waals surface area (Å²) in [6.07, 6.45) is 8.66. The predicted molar refractivity (Wildman–Crippen MR) is 93.6 cm³/mol. The number of carbonyl (C=O) groups is 2. The minimum absolute atomic E-state index is 0.00334. The average molecular weight is 348 g/mol. The fourth-order valence-corrected chi connectivity index (χ4v) is 7.25. The first-order chi connectivity index (χ1) is 11.8. The summed E-state index contributed by atoms with van der Waals surface area (Å²) >= 11 is 0. The Labute approximate surface area is 151 Å². The van der Waals surface area contributed by atoms with Crippen LogP contribution in [-0.4, -0.2) is 24.6 Å². The van der Waals surface area contributed by atoms with E-state index in [0.717, 1.165) is 25.7 Å². The van der Waals surface area contributed by atoms with E-state index in [1.165, 1.54) is 26.2 Å². The lowest BCUT2D eigenvalue weighted by Crippen LogP contribution is -2.53. The Balaban J connectivity index is 1.59. The number of hydrogen-bond acceptors (Lipinski definition) is 4. The van der Waals surface area contributed by atoms with E-state index in [-0.39, 0.29) is 28.9 Å². The molecule has 4 rings (SSSR count). The van der Waals surface area contributed by atoms with E-state index in [9.17, 15) is 9.59 Å². The molecular formula is C21H32O4. The van der Waals surface area contributed by atoms with Crippen LogP contribution in [0.15, 0.2) is 0 Å². The van der Waals surface area contributed by atoms with E-state index in [4.69, 9.17) is 9.47 Å². The van der Waals surface area contributed by atoms with E-state index in [0.29, 0.717) is 36.7 Å². The van der Waals surface area contributed by atoms with Crippen LogP contribution in [-0.2, 0) is 19.1 Å². The zero-order valence-electron chi connectivity index (χ0n) is 15.9. The Bertz CT molecular complexity index is 572. The van der Waals surface area contributed by atoms with Crippen LogP contribution in [0.1, 0.15) is 72.1 Å². The molecule has 0 N–H and O–H groups in total. The second-order valence-corrected chi connectivity index (χ2v) is 9.55. The molecule has 1 heterocycles. The molecule has 0 bridgehead atoms. The van der Waals surface area contributed by atoms with Gasteiger partial charge in [-0.15, -0.1) is 0 Å². The summed E-state index contributed by atoms with van der Waals surface area (Å²) in [7, 11) is 0. The van der Waals surface area contributed by atoms with Crippen molar-refractivity contribution in [3.63, 3.8) is 0 Å². The van der Waals surface area contributed by atoms with Gasteiger partial charge in [0.25, 0.3) is 0 Å². The molecule has 25 heavy (non-hydrogen) atoms. The standard InChI is InChI=1S/C21H32O4/c1-13(22)25-18-7-6-16-15-5-4-14-12-19(23)24-11-10-20(14,2)17(15)8-9-21(16,18)3/h14-18H,4-12H2,1-3H3/t14-,15-,16-,17-,18-,20-,21-/m0/s1. The van der Waals surface area contributed by atoms with Gasteiger partial charge in [-0.1, -0.05) is 13.8 Å². The van der Waals surface area contributed by atoms with Crippen molar-refractivity contribution in [3.05, 3.63) is 0 Å². The minimum atomic E-state index is -0.135. The summed E-state index contributed by atoms with van der Waals surface area (Å²) in [6.45, 7) is 6.92. The number of esters is 2. The van der Waals surface area contributed by atoms with Crippen molar-refractivity contribution in [2.75, 3.05) is 6.61 Å². The highest BCUT2D eigenvalue weighted by molar-refractivity contribution is 5.70. The second kappa shape index (κ2) is 5.99. The van der Waals surface area contributed by atoms with Gasteiger partial charge >= 0.3 is 11.9 Å². The van der Waals surface area contributed by atoms with Gasteiger partial charge in [0.15, 0.2) is 0 Å². The van der Waals surface area contributed by atoms with Gasteiger partial charge in [0.1, 0.15) is 6.10 Å². The predicted octanol–water partition coefficient (Wildman–Crippen LogP) is 4.11. The van der Waals surface area contributed by atoms with Crippen LogP contribution in [0.2, 0.25) is 0 Å². The Morgan fingerprint density at radius 3 is 2.56 bits per heavy atom. The molecule has 0 unspecified atom stereocenters. The van der Waals surface area contributed by atoms with Crippen LogP contribution in [0.25, 0.3) is 0 Å². The molecule has 0 amide bonds. The first-order valence-electron chi connectivity index (χ1n) is 10.2. The van der Waals surface area contributed by atoms with Crippen LogP contribution in [0, 0.1) is 34.5 Å². The SMILES string of the molecule is CC(=O)O[C@H]1CC[C@H]2[C@@H]3CC[C@H]4CC(=O)OCC[C@]4(C)[C@H]3CC[C@]12C. The summed E-state index contributed by atoms with van der Waals surface area (Å²) in [5.74, 6) is 2.42. The van der Waals surface area contributed by atoms with E-state index >= 15 is 0 Å². The number of hydrogen-bond donors (Lipinski definition) is 0. The lowest BCUT2D eigenvalue weighted by Gasteiger charge is -2.58. The average Bonchev–Trinajstić information content (AvgIpc) is 2.77. The van der Waals surface area contributed by atoms with Crippen LogP contribution >= 0.6 is 0 Å². The van der Waals surface area contributed by atoms with Gasteiger partial charge < -0.3 is 9.47 Å². The van der Waals surface area contributed by atoms with Gasteiger partial charge in [-0.3, -0.25) is 9.59 Å². The number of carbonyl (C=O) groups excluding carboxylic acids is 2. The van der Waals surface area contributed by atoms with Crippen molar-refractivity contribution < 1.29 is 19.1 Å². The van der Waals surface area contributed by atoms with Crippen LogP contribution in [0.4, 0.5) is 0 Å². The van der Waals surface area contributed by atoms with Crippen LogP contribution < -0.4 is 0 Å². The third kappa shape index (κ3) is 2.62. The first-order valence-corrected chi connectivity index (χ1v) is 10.2. The van der Waals surface area contributed by atoms with E-state index in [1.807, 2.05) is 0 Å². The fraction of sp³-hybridized carbons (Fsp3) is 0.905. The van der Waals surface area contributed by atoms with Gasteiger partial charge in [-0.25, -0.2) is 0 Å². The molecule has 0 aromatic rings. The minimum Gasteiger partial charge on any atom is -0.466 e. The van der Waals surface area contributed by atoms with Crippen LogP contribution in [0.5, 0.6) is 0 Å². The van der Waals surface area contributed by atoms with Crippen molar-refractivity contribution in [2.45, 2.75) is 78.2 Å². The molecule has 0 radical (unpaired) electrons. The van der Waals surface area contributed by atoms with Gasteiger partial charge in [0.2, 0.25) is 0 Å². The Morgan fingerprint density at radius 2 is 1.80 bits per heavy atom. The van der Waals surface area contributed by atoms with E-state index in [1.54, 1.807) is 0 Å². The van der Waals surface area contributed by atoms with Crippen molar-refractivity contribution >= 4 is 11.9 Å². The second-order valence-electron chi connectivity index (χ2n) is 9.55. The van der Waals surface area contributed by atoms with E-state index in [2.05, 4.69) is 13.8 Å². The molecule has 0 spiro atoms. The van der Waals surface area contributed by atoms with Crippen molar-refractivity contribution in [1.29, 1.82) is 0 Å². The molecule has 0 aromatic carbocycles. The van der Waals surface area contributed by atoms with Gasteiger partial charge in [-0.05, 0) is 74.0 Å². The zero-order valence-corrected chi connectivity index (χ0v) is 15.9. The highest BCUT2D eigenvalue weighted by Gasteiger charge is 2.60. The highest BCUT2D eigenvalue weighted by atomic mass is 16.5. The highest BCUT2D eigenvalue weighted by Crippen LogP contribution is 2.65. The molecule has 7 atom stereocenters.